The molecule has 0 heterocycles. The van der Waals surface area contributed by atoms with E-state index in [9.17, 15) is 4.39 Å². The molecule has 0 saturated carbocycles. The molecule has 1 aromatic rings. The normalized spacial score (nSPS) is 10.4. The van der Waals surface area contributed by atoms with E-state index in [-0.39, 0.29) is 5.82 Å². The van der Waals surface area contributed by atoms with Gasteiger partial charge < -0.3 is 10.2 Å². The number of anilines is 1. The van der Waals surface area contributed by atoms with Crippen LogP contribution in [0.15, 0.2) is 18.2 Å². The van der Waals surface area contributed by atoms with Crippen LogP contribution in [0.25, 0.3) is 0 Å². The molecule has 0 radical (unpaired) electrons. The topological polar surface area (TPSA) is 15.3 Å². The molecule has 0 unspecified atom stereocenters. The van der Waals surface area contributed by atoms with Crippen LogP contribution in [0.3, 0.4) is 0 Å². The predicted octanol–water partition coefficient (Wildman–Crippen LogP) is 2.39. The zero-order valence-corrected chi connectivity index (χ0v) is 9.68. The van der Waals surface area contributed by atoms with Crippen molar-refractivity contribution >= 4 is 5.69 Å². The van der Waals surface area contributed by atoms with Crippen molar-refractivity contribution in [3.63, 3.8) is 0 Å². The second-order valence-electron chi connectivity index (χ2n) is 3.82. The standard InChI is InChI=1S/C12H19FN2/c1-4-8-14-9-10-6-5-7-11(13)12(10)15(2)3/h5-7,14H,4,8-9H2,1-3H3. The summed E-state index contributed by atoms with van der Waals surface area (Å²) in [6.45, 7) is 3.80. The average Bonchev–Trinajstić information content (AvgIpc) is 2.17. The first-order valence-electron chi connectivity index (χ1n) is 5.32. The minimum Gasteiger partial charge on any atom is -0.375 e. The van der Waals surface area contributed by atoms with Crippen LogP contribution in [0.2, 0.25) is 0 Å². The van der Waals surface area contributed by atoms with E-state index in [0.717, 1.165) is 25.1 Å². The Bertz CT molecular complexity index is 310. The molecule has 1 rings (SSSR count). The third kappa shape index (κ3) is 3.20. The Morgan fingerprint density at radius 1 is 1.33 bits per heavy atom. The largest absolute Gasteiger partial charge is 0.375 e. The van der Waals surface area contributed by atoms with Gasteiger partial charge in [0.2, 0.25) is 0 Å². The number of hydrogen-bond donors (Lipinski definition) is 1. The Hall–Kier alpha value is -1.09. The third-order valence-electron chi connectivity index (χ3n) is 2.26. The van der Waals surface area contributed by atoms with Crippen LogP contribution < -0.4 is 10.2 Å². The highest BCUT2D eigenvalue weighted by Gasteiger charge is 2.09. The zero-order valence-electron chi connectivity index (χ0n) is 9.68. The van der Waals surface area contributed by atoms with Crippen molar-refractivity contribution in [3.8, 4) is 0 Å². The molecule has 15 heavy (non-hydrogen) atoms. The number of nitrogens with zero attached hydrogens (tertiary/aromatic N) is 1. The van der Waals surface area contributed by atoms with E-state index >= 15 is 0 Å². The van der Waals surface area contributed by atoms with E-state index < -0.39 is 0 Å². The number of nitrogens with one attached hydrogen (secondary N) is 1. The minimum absolute atomic E-state index is 0.157. The molecular formula is C12H19FN2. The first-order chi connectivity index (χ1) is 7.16. The maximum atomic E-state index is 13.5. The highest BCUT2D eigenvalue weighted by Crippen LogP contribution is 2.22. The van der Waals surface area contributed by atoms with Gasteiger partial charge in [-0.3, -0.25) is 0 Å². The molecule has 1 aromatic carbocycles. The summed E-state index contributed by atoms with van der Waals surface area (Å²) in [5.41, 5.74) is 1.69. The number of para-hydroxylation sites is 1. The molecule has 0 spiro atoms. The average molecular weight is 210 g/mol. The molecule has 84 valence electrons. The van der Waals surface area contributed by atoms with Gasteiger partial charge >= 0.3 is 0 Å². The van der Waals surface area contributed by atoms with Crippen molar-refractivity contribution in [1.29, 1.82) is 0 Å². The van der Waals surface area contributed by atoms with Crippen LogP contribution in [-0.2, 0) is 6.54 Å². The van der Waals surface area contributed by atoms with Crippen LogP contribution in [0.4, 0.5) is 10.1 Å². The summed E-state index contributed by atoms with van der Waals surface area (Å²) in [5, 5.41) is 3.28. The highest BCUT2D eigenvalue weighted by molar-refractivity contribution is 5.53. The Morgan fingerprint density at radius 2 is 2.07 bits per heavy atom. The molecule has 0 amide bonds. The molecule has 0 aliphatic heterocycles. The lowest BCUT2D eigenvalue weighted by molar-refractivity contribution is 0.617. The second-order valence-corrected chi connectivity index (χ2v) is 3.82. The maximum Gasteiger partial charge on any atom is 0.146 e. The van der Waals surface area contributed by atoms with Crippen LogP contribution in [0.1, 0.15) is 18.9 Å². The van der Waals surface area contributed by atoms with Crippen molar-refractivity contribution in [2.75, 3.05) is 25.5 Å². The predicted molar refractivity (Wildman–Crippen MR) is 62.7 cm³/mol. The monoisotopic (exact) mass is 210 g/mol. The molecule has 0 fully saturated rings. The number of halogens is 1. The SMILES string of the molecule is CCCNCc1cccc(F)c1N(C)C. The summed E-state index contributed by atoms with van der Waals surface area (Å²) >= 11 is 0. The fourth-order valence-corrected chi connectivity index (χ4v) is 1.60. The highest BCUT2D eigenvalue weighted by atomic mass is 19.1. The molecule has 0 aliphatic rings. The summed E-state index contributed by atoms with van der Waals surface area (Å²) in [6.07, 6.45) is 1.09. The first-order valence-corrected chi connectivity index (χ1v) is 5.32. The Morgan fingerprint density at radius 3 is 2.67 bits per heavy atom. The van der Waals surface area contributed by atoms with Crippen LogP contribution >= 0.6 is 0 Å². The number of hydrogen-bond acceptors (Lipinski definition) is 2. The molecular weight excluding hydrogens is 191 g/mol. The molecule has 0 atom stereocenters. The fourth-order valence-electron chi connectivity index (χ4n) is 1.60. The van der Waals surface area contributed by atoms with Crippen molar-refractivity contribution in [1.82, 2.24) is 5.32 Å². The third-order valence-corrected chi connectivity index (χ3v) is 2.26. The van der Waals surface area contributed by atoms with Gasteiger partial charge in [-0.25, -0.2) is 4.39 Å². The van der Waals surface area contributed by atoms with E-state index in [0.29, 0.717) is 5.69 Å². The first kappa shape index (κ1) is 12.0. The quantitative estimate of drug-likeness (QED) is 0.751. The van der Waals surface area contributed by atoms with Crippen molar-refractivity contribution in [2.24, 2.45) is 0 Å². The molecule has 0 saturated heterocycles. The van der Waals surface area contributed by atoms with E-state index in [1.807, 2.05) is 25.1 Å². The van der Waals surface area contributed by atoms with Gasteiger partial charge in [-0.05, 0) is 24.6 Å². The van der Waals surface area contributed by atoms with Gasteiger partial charge in [-0.15, -0.1) is 0 Å². The van der Waals surface area contributed by atoms with E-state index in [2.05, 4.69) is 12.2 Å². The Labute approximate surface area is 91.1 Å². The van der Waals surface area contributed by atoms with Gasteiger partial charge in [-0.1, -0.05) is 19.1 Å². The summed E-state index contributed by atoms with van der Waals surface area (Å²) in [5.74, 6) is -0.157. The smallest absolute Gasteiger partial charge is 0.146 e. The number of rotatable bonds is 5. The lowest BCUT2D eigenvalue weighted by Crippen LogP contribution is -2.19. The summed E-state index contributed by atoms with van der Waals surface area (Å²) in [4.78, 5) is 1.82. The molecule has 0 bridgehead atoms. The van der Waals surface area contributed by atoms with Gasteiger partial charge in [0.1, 0.15) is 5.82 Å². The van der Waals surface area contributed by atoms with Crippen molar-refractivity contribution in [2.45, 2.75) is 19.9 Å². The fraction of sp³-hybridized carbons (Fsp3) is 0.500. The molecule has 0 aromatic heterocycles. The van der Waals surface area contributed by atoms with Gasteiger partial charge in [0.05, 0.1) is 5.69 Å². The summed E-state index contributed by atoms with van der Waals surface area (Å²) in [6, 6.07) is 5.21. The molecule has 0 aliphatic carbocycles. The van der Waals surface area contributed by atoms with Crippen molar-refractivity contribution < 1.29 is 4.39 Å². The lowest BCUT2D eigenvalue weighted by atomic mass is 10.1. The van der Waals surface area contributed by atoms with Crippen LogP contribution in [0, 0.1) is 5.82 Å². The summed E-state index contributed by atoms with van der Waals surface area (Å²) in [7, 11) is 3.73. The van der Waals surface area contributed by atoms with Crippen LogP contribution in [-0.4, -0.2) is 20.6 Å². The second kappa shape index (κ2) is 5.71. The lowest BCUT2D eigenvalue weighted by Gasteiger charge is -2.18. The van der Waals surface area contributed by atoms with Crippen molar-refractivity contribution in [3.05, 3.63) is 29.6 Å². The van der Waals surface area contributed by atoms with E-state index in [1.165, 1.54) is 6.07 Å². The van der Waals surface area contributed by atoms with Gasteiger partial charge in [-0.2, -0.15) is 0 Å². The van der Waals surface area contributed by atoms with Gasteiger partial charge in [0.15, 0.2) is 0 Å². The molecule has 3 heteroatoms. The minimum atomic E-state index is -0.157. The Balaban J connectivity index is 2.81. The van der Waals surface area contributed by atoms with Gasteiger partial charge in [0.25, 0.3) is 0 Å². The zero-order chi connectivity index (χ0) is 11.3. The van der Waals surface area contributed by atoms with E-state index in [4.69, 9.17) is 0 Å². The molecule has 1 N–H and O–H groups in total. The molecule has 2 nitrogen and oxygen atoms in total. The number of benzene rings is 1. The Kier molecular flexibility index (Phi) is 4.56. The summed E-state index contributed by atoms with van der Waals surface area (Å²) < 4.78 is 13.5. The van der Waals surface area contributed by atoms with Gasteiger partial charge in [0, 0.05) is 20.6 Å². The maximum absolute atomic E-state index is 13.5. The van der Waals surface area contributed by atoms with E-state index in [1.54, 1.807) is 6.07 Å². The van der Waals surface area contributed by atoms with Crippen LogP contribution in [0.5, 0.6) is 0 Å².